The van der Waals surface area contributed by atoms with E-state index in [2.05, 4.69) is 21.2 Å². The number of carbonyl (C=O) groups is 1. The van der Waals surface area contributed by atoms with Gasteiger partial charge in [-0.2, -0.15) is 4.31 Å². The zero-order valence-corrected chi connectivity index (χ0v) is 14.9. The van der Waals surface area contributed by atoms with E-state index >= 15 is 0 Å². The van der Waals surface area contributed by atoms with E-state index in [1.54, 1.807) is 19.1 Å². The lowest BCUT2D eigenvalue weighted by Crippen LogP contribution is -2.39. The first-order chi connectivity index (χ1) is 10.3. The predicted molar refractivity (Wildman–Crippen MR) is 86.3 cm³/mol. The van der Waals surface area contributed by atoms with Gasteiger partial charge in [0.25, 0.3) is 0 Å². The minimum absolute atomic E-state index is 0.0467. The number of hydrogen-bond acceptors (Lipinski definition) is 4. The fourth-order valence-corrected chi connectivity index (χ4v) is 3.71. The summed E-state index contributed by atoms with van der Waals surface area (Å²) >= 11 is 3.26. The van der Waals surface area contributed by atoms with Crippen LogP contribution in [-0.2, 0) is 14.8 Å². The van der Waals surface area contributed by atoms with Crippen LogP contribution < -0.4 is 10.1 Å². The Bertz CT molecular complexity index is 659. The first kappa shape index (κ1) is 17.2. The van der Waals surface area contributed by atoms with Crippen LogP contribution in [0.25, 0.3) is 0 Å². The number of benzene rings is 1. The van der Waals surface area contributed by atoms with Gasteiger partial charge in [-0.1, -0.05) is 15.9 Å². The smallest absolute Gasteiger partial charge is 0.247 e. The second-order valence-electron chi connectivity index (χ2n) is 5.13. The van der Waals surface area contributed by atoms with Crippen molar-refractivity contribution < 1.29 is 17.9 Å². The third-order valence-corrected chi connectivity index (χ3v) is 5.52. The van der Waals surface area contributed by atoms with Crippen LogP contribution in [0.5, 0.6) is 5.75 Å². The van der Waals surface area contributed by atoms with Crippen molar-refractivity contribution in [2.24, 2.45) is 0 Å². The van der Waals surface area contributed by atoms with Gasteiger partial charge in [-0.3, -0.25) is 4.79 Å². The monoisotopic (exact) mass is 390 g/mol. The van der Waals surface area contributed by atoms with Crippen molar-refractivity contribution in [1.29, 1.82) is 0 Å². The lowest BCUT2D eigenvalue weighted by molar-refractivity contribution is -0.121. The summed E-state index contributed by atoms with van der Waals surface area (Å²) < 4.78 is 32.4. The zero-order chi connectivity index (χ0) is 16.3. The average molecular weight is 391 g/mol. The van der Waals surface area contributed by atoms with Gasteiger partial charge in [-0.15, -0.1) is 0 Å². The summed E-state index contributed by atoms with van der Waals surface area (Å²) in [5.74, 6) is -0.0123. The van der Waals surface area contributed by atoms with Crippen LogP contribution in [-0.4, -0.2) is 44.9 Å². The summed E-state index contributed by atoms with van der Waals surface area (Å²) in [5.41, 5.74) is 0. The quantitative estimate of drug-likeness (QED) is 0.769. The Morgan fingerprint density at radius 1 is 1.45 bits per heavy atom. The second-order valence-corrected chi connectivity index (χ2v) is 8.06. The van der Waals surface area contributed by atoms with Gasteiger partial charge in [0.1, 0.15) is 10.6 Å². The largest absolute Gasteiger partial charge is 0.492 e. The van der Waals surface area contributed by atoms with Crippen LogP contribution in [0.3, 0.4) is 0 Å². The molecule has 1 aromatic rings. The van der Waals surface area contributed by atoms with Crippen LogP contribution >= 0.6 is 15.9 Å². The van der Waals surface area contributed by atoms with Crippen molar-refractivity contribution >= 4 is 31.9 Å². The van der Waals surface area contributed by atoms with Crippen molar-refractivity contribution in [2.75, 3.05) is 20.2 Å². The van der Waals surface area contributed by atoms with Crippen molar-refractivity contribution in [3.8, 4) is 5.75 Å². The number of hydrogen-bond donors (Lipinski definition) is 1. The molecule has 122 valence electrons. The first-order valence-electron chi connectivity index (χ1n) is 7.02. The van der Waals surface area contributed by atoms with Crippen LogP contribution in [0, 0.1) is 0 Å². The Hall–Kier alpha value is -1.12. The van der Waals surface area contributed by atoms with E-state index in [0.717, 1.165) is 17.1 Å². The molecule has 0 heterocycles. The van der Waals surface area contributed by atoms with Gasteiger partial charge in [-0.05, 0) is 38.0 Å². The molecule has 0 atom stereocenters. The van der Waals surface area contributed by atoms with Gasteiger partial charge < -0.3 is 10.1 Å². The number of rotatable bonds is 7. The van der Waals surface area contributed by atoms with Crippen LogP contribution in [0.2, 0.25) is 0 Å². The van der Waals surface area contributed by atoms with Gasteiger partial charge in [0.15, 0.2) is 0 Å². The molecule has 1 N–H and O–H groups in total. The van der Waals surface area contributed by atoms with E-state index in [1.165, 1.54) is 13.1 Å². The fourth-order valence-electron chi connectivity index (χ4n) is 1.91. The number of sulfonamides is 1. The van der Waals surface area contributed by atoms with E-state index in [-0.39, 0.29) is 29.1 Å². The van der Waals surface area contributed by atoms with E-state index in [9.17, 15) is 13.2 Å². The summed E-state index contributed by atoms with van der Waals surface area (Å²) in [4.78, 5) is 11.8. The standard InChI is InChI=1S/C14H19BrN2O4S/c1-3-21-12-7-4-10(15)8-13(12)22(19,20)17(2)9-14(18)16-11-5-6-11/h4,7-8,11H,3,5-6,9H2,1-2H3,(H,16,18). The van der Waals surface area contributed by atoms with Gasteiger partial charge in [-0.25, -0.2) is 8.42 Å². The van der Waals surface area contributed by atoms with Gasteiger partial charge in [0, 0.05) is 17.6 Å². The molecule has 1 aromatic carbocycles. The van der Waals surface area contributed by atoms with Crippen molar-refractivity contribution in [3.05, 3.63) is 22.7 Å². The van der Waals surface area contributed by atoms with E-state index < -0.39 is 10.0 Å². The normalized spacial score (nSPS) is 14.9. The number of amides is 1. The second kappa shape index (κ2) is 6.97. The Morgan fingerprint density at radius 2 is 2.14 bits per heavy atom. The molecule has 0 spiro atoms. The number of ether oxygens (including phenoxy) is 1. The van der Waals surface area contributed by atoms with Crippen molar-refractivity contribution in [2.45, 2.75) is 30.7 Å². The van der Waals surface area contributed by atoms with Gasteiger partial charge >= 0.3 is 0 Å². The Labute approximate surface area is 139 Å². The summed E-state index contributed by atoms with van der Waals surface area (Å²) in [6, 6.07) is 4.99. The summed E-state index contributed by atoms with van der Waals surface area (Å²) in [7, 11) is -2.42. The zero-order valence-electron chi connectivity index (χ0n) is 12.5. The molecule has 1 fully saturated rings. The number of likely N-dealkylation sites (N-methyl/N-ethyl adjacent to an activating group) is 1. The van der Waals surface area contributed by atoms with E-state index in [1.807, 2.05) is 0 Å². The molecule has 6 nitrogen and oxygen atoms in total. The minimum atomic E-state index is -3.81. The van der Waals surface area contributed by atoms with Crippen LogP contribution in [0.4, 0.5) is 0 Å². The van der Waals surface area contributed by atoms with Crippen molar-refractivity contribution in [1.82, 2.24) is 9.62 Å². The molecular weight excluding hydrogens is 372 g/mol. The Kier molecular flexibility index (Phi) is 5.46. The molecule has 1 aliphatic rings. The molecule has 1 amide bonds. The third kappa shape index (κ3) is 4.21. The predicted octanol–water partition coefficient (Wildman–Crippen LogP) is 1.75. The summed E-state index contributed by atoms with van der Waals surface area (Å²) in [6.07, 6.45) is 1.92. The molecule has 1 aliphatic carbocycles. The molecule has 22 heavy (non-hydrogen) atoms. The highest BCUT2D eigenvalue weighted by Gasteiger charge is 2.29. The highest BCUT2D eigenvalue weighted by Crippen LogP contribution is 2.29. The molecule has 0 unspecified atom stereocenters. The molecule has 0 aromatic heterocycles. The number of carbonyl (C=O) groups excluding carboxylic acids is 1. The molecular formula is C14H19BrN2O4S. The number of halogens is 1. The molecule has 0 saturated heterocycles. The molecule has 2 rings (SSSR count). The first-order valence-corrected chi connectivity index (χ1v) is 9.26. The maximum Gasteiger partial charge on any atom is 0.247 e. The highest BCUT2D eigenvalue weighted by atomic mass is 79.9. The Morgan fingerprint density at radius 3 is 2.73 bits per heavy atom. The molecule has 8 heteroatoms. The topological polar surface area (TPSA) is 75.7 Å². The fraction of sp³-hybridized carbons (Fsp3) is 0.500. The van der Waals surface area contributed by atoms with Crippen LogP contribution in [0.1, 0.15) is 19.8 Å². The Balaban J connectivity index is 2.20. The molecule has 1 saturated carbocycles. The molecule has 0 bridgehead atoms. The lowest BCUT2D eigenvalue weighted by atomic mass is 10.3. The van der Waals surface area contributed by atoms with E-state index in [4.69, 9.17) is 4.74 Å². The van der Waals surface area contributed by atoms with Gasteiger partial charge in [0.05, 0.1) is 13.2 Å². The highest BCUT2D eigenvalue weighted by molar-refractivity contribution is 9.10. The van der Waals surface area contributed by atoms with Crippen molar-refractivity contribution in [3.63, 3.8) is 0 Å². The molecule has 0 radical (unpaired) electrons. The lowest BCUT2D eigenvalue weighted by Gasteiger charge is -2.19. The maximum absolute atomic E-state index is 12.7. The summed E-state index contributed by atoms with van der Waals surface area (Å²) in [5, 5.41) is 2.77. The maximum atomic E-state index is 12.7. The number of nitrogens with one attached hydrogen (secondary N) is 1. The SMILES string of the molecule is CCOc1ccc(Br)cc1S(=O)(=O)N(C)CC(=O)NC1CC1. The number of nitrogens with zero attached hydrogens (tertiary/aromatic N) is 1. The van der Waals surface area contributed by atoms with E-state index in [0.29, 0.717) is 11.1 Å². The average Bonchev–Trinajstić information content (AvgIpc) is 3.24. The van der Waals surface area contributed by atoms with Gasteiger partial charge in [0.2, 0.25) is 15.9 Å². The summed E-state index contributed by atoms with van der Waals surface area (Å²) in [6.45, 7) is 1.93. The third-order valence-electron chi connectivity index (χ3n) is 3.20. The minimum Gasteiger partial charge on any atom is -0.492 e. The molecule has 0 aliphatic heterocycles. The van der Waals surface area contributed by atoms with Crippen LogP contribution in [0.15, 0.2) is 27.6 Å².